The minimum atomic E-state index is -0.107. The standard InChI is InChI=1S/C24H31N5O3/c1-3-25-24(31)29-15-12-20-19(16-29)22(27-21(26-20)17-8-6-5-7-9-17)28-13-10-18(11-14-28)23(30)32-4-2/h5-9,18H,3-4,10-16H2,1-2H3,(H,25,31). The number of amides is 2. The highest BCUT2D eigenvalue weighted by molar-refractivity contribution is 5.75. The maximum atomic E-state index is 12.5. The molecule has 1 N–H and O–H groups in total. The number of hydrogen-bond acceptors (Lipinski definition) is 6. The first-order chi connectivity index (χ1) is 15.6. The summed E-state index contributed by atoms with van der Waals surface area (Å²) in [5.41, 5.74) is 2.99. The van der Waals surface area contributed by atoms with Crippen molar-refractivity contribution in [3.8, 4) is 11.4 Å². The van der Waals surface area contributed by atoms with Crippen molar-refractivity contribution in [2.75, 3.05) is 37.7 Å². The molecule has 0 atom stereocenters. The molecule has 0 spiro atoms. The largest absolute Gasteiger partial charge is 0.466 e. The van der Waals surface area contributed by atoms with Crippen LogP contribution in [0.1, 0.15) is 37.9 Å². The molecule has 0 aliphatic carbocycles. The van der Waals surface area contributed by atoms with E-state index in [9.17, 15) is 9.59 Å². The first kappa shape index (κ1) is 22.0. The summed E-state index contributed by atoms with van der Waals surface area (Å²) in [5, 5.41) is 2.89. The molecule has 2 amide bonds. The molecule has 0 radical (unpaired) electrons. The van der Waals surface area contributed by atoms with E-state index in [0.29, 0.717) is 38.5 Å². The predicted octanol–water partition coefficient (Wildman–Crippen LogP) is 3.01. The molecule has 8 nitrogen and oxygen atoms in total. The number of anilines is 1. The van der Waals surface area contributed by atoms with Crippen molar-refractivity contribution in [1.82, 2.24) is 20.2 Å². The van der Waals surface area contributed by atoms with Gasteiger partial charge in [-0.2, -0.15) is 0 Å². The minimum Gasteiger partial charge on any atom is -0.466 e. The van der Waals surface area contributed by atoms with Gasteiger partial charge in [0, 0.05) is 43.7 Å². The molecule has 1 aromatic heterocycles. The Morgan fingerprint density at radius 2 is 1.84 bits per heavy atom. The Kier molecular flexibility index (Phi) is 6.87. The zero-order chi connectivity index (χ0) is 22.5. The highest BCUT2D eigenvalue weighted by Gasteiger charge is 2.31. The number of carbonyl (C=O) groups excluding carboxylic acids is 2. The van der Waals surface area contributed by atoms with Crippen LogP contribution in [0.4, 0.5) is 10.6 Å². The van der Waals surface area contributed by atoms with Gasteiger partial charge in [0.1, 0.15) is 5.82 Å². The third-order valence-electron chi connectivity index (χ3n) is 6.10. The molecule has 1 saturated heterocycles. The van der Waals surface area contributed by atoms with E-state index >= 15 is 0 Å². The third-order valence-corrected chi connectivity index (χ3v) is 6.10. The molecule has 4 rings (SSSR count). The number of benzene rings is 1. The van der Waals surface area contributed by atoms with Crippen LogP contribution in [0.2, 0.25) is 0 Å². The highest BCUT2D eigenvalue weighted by Crippen LogP contribution is 2.32. The molecule has 0 bridgehead atoms. The second-order valence-corrected chi connectivity index (χ2v) is 8.18. The lowest BCUT2D eigenvalue weighted by Gasteiger charge is -2.36. The Morgan fingerprint density at radius 1 is 1.09 bits per heavy atom. The molecular formula is C24H31N5O3. The number of nitrogens with one attached hydrogen (secondary N) is 1. The van der Waals surface area contributed by atoms with Crippen LogP contribution in [0, 0.1) is 5.92 Å². The van der Waals surface area contributed by atoms with E-state index in [1.807, 2.05) is 49.1 Å². The number of urea groups is 1. The fourth-order valence-electron chi connectivity index (χ4n) is 4.40. The number of rotatable bonds is 5. The molecule has 1 aromatic carbocycles. The molecule has 2 aliphatic rings. The van der Waals surface area contributed by atoms with Gasteiger partial charge in [-0.15, -0.1) is 0 Å². The number of nitrogens with zero attached hydrogens (tertiary/aromatic N) is 4. The molecule has 1 fully saturated rings. The van der Waals surface area contributed by atoms with Crippen molar-refractivity contribution in [1.29, 1.82) is 0 Å². The Morgan fingerprint density at radius 3 is 2.53 bits per heavy atom. The maximum Gasteiger partial charge on any atom is 0.317 e. The van der Waals surface area contributed by atoms with Crippen molar-refractivity contribution < 1.29 is 14.3 Å². The lowest BCUT2D eigenvalue weighted by molar-refractivity contribution is -0.148. The number of fused-ring (bicyclic) bond motifs is 1. The fraction of sp³-hybridized carbons (Fsp3) is 0.500. The summed E-state index contributed by atoms with van der Waals surface area (Å²) < 4.78 is 5.22. The second-order valence-electron chi connectivity index (χ2n) is 8.18. The summed E-state index contributed by atoms with van der Waals surface area (Å²) in [6.45, 7) is 7.34. The lowest BCUT2D eigenvalue weighted by Crippen LogP contribution is -2.44. The van der Waals surface area contributed by atoms with Crippen molar-refractivity contribution in [2.45, 2.75) is 39.7 Å². The molecular weight excluding hydrogens is 406 g/mol. The zero-order valence-corrected chi connectivity index (χ0v) is 18.8. The topological polar surface area (TPSA) is 87.7 Å². The van der Waals surface area contributed by atoms with Crippen molar-refractivity contribution in [3.05, 3.63) is 41.6 Å². The Bertz CT molecular complexity index is 958. The van der Waals surface area contributed by atoms with Crippen LogP contribution in [-0.4, -0.2) is 59.7 Å². The van der Waals surface area contributed by atoms with E-state index in [1.165, 1.54) is 0 Å². The normalized spacial score (nSPS) is 16.4. The molecule has 0 unspecified atom stereocenters. The first-order valence-electron chi connectivity index (χ1n) is 11.5. The van der Waals surface area contributed by atoms with Gasteiger partial charge >= 0.3 is 12.0 Å². The van der Waals surface area contributed by atoms with Crippen molar-refractivity contribution >= 4 is 17.8 Å². The molecule has 2 aromatic rings. The molecule has 8 heteroatoms. The SMILES string of the molecule is CCNC(=O)N1CCc2nc(-c3ccccc3)nc(N3CCC(C(=O)OCC)CC3)c2C1. The summed E-state index contributed by atoms with van der Waals surface area (Å²) in [7, 11) is 0. The zero-order valence-electron chi connectivity index (χ0n) is 18.8. The van der Waals surface area contributed by atoms with Gasteiger partial charge in [-0.05, 0) is 26.7 Å². The van der Waals surface area contributed by atoms with Crippen molar-refractivity contribution in [3.63, 3.8) is 0 Å². The van der Waals surface area contributed by atoms with E-state index in [4.69, 9.17) is 14.7 Å². The summed E-state index contributed by atoms with van der Waals surface area (Å²) in [4.78, 5) is 38.6. The summed E-state index contributed by atoms with van der Waals surface area (Å²) >= 11 is 0. The average molecular weight is 438 g/mol. The van der Waals surface area contributed by atoms with Crippen LogP contribution in [0.15, 0.2) is 30.3 Å². The predicted molar refractivity (Wildman–Crippen MR) is 122 cm³/mol. The van der Waals surface area contributed by atoms with Gasteiger partial charge in [0.2, 0.25) is 0 Å². The van der Waals surface area contributed by atoms with E-state index in [0.717, 1.165) is 48.6 Å². The van der Waals surface area contributed by atoms with Crippen LogP contribution >= 0.6 is 0 Å². The molecule has 3 heterocycles. The van der Waals surface area contributed by atoms with Gasteiger partial charge in [0.15, 0.2) is 5.82 Å². The van der Waals surface area contributed by atoms with Crippen LogP contribution in [0.3, 0.4) is 0 Å². The van der Waals surface area contributed by atoms with Crippen LogP contribution < -0.4 is 10.2 Å². The number of carbonyl (C=O) groups is 2. The number of ether oxygens (including phenoxy) is 1. The number of piperidine rings is 1. The third kappa shape index (κ3) is 4.69. The second kappa shape index (κ2) is 9.97. The highest BCUT2D eigenvalue weighted by atomic mass is 16.5. The van der Waals surface area contributed by atoms with E-state index in [1.54, 1.807) is 0 Å². The van der Waals surface area contributed by atoms with Gasteiger partial charge in [-0.3, -0.25) is 4.79 Å². The number of hydrogen-bond donors (Lipinski definition) is 1. The molecule has 0 saturated carbocycles. The Labute approximate surface area is 189 Å². The lowest BCUT2D eigenvalue weighted by atomic mass is 9.96. The fourth-order valence-corrected chi connectivity index (χ4v) is 4.40. The molecule has 2 aliphatic heterocycles. The van der Waals surface area contributed by atoms with Gasteiger partial charge < -0.3 is 19.9 Å². The van der Waals surface area contributed by atoms with E-state index < -0.39 is 0 Å². The van der Waals surface area contributed by atoms with Gasteiger partial charge in [0.25, 0.3) is 0 Å². The summed E-state index contributed by atoms with van der Waals surface area (Å²) in [5.74, 6) is 1.41. The Hall–Kier alpha value is -3.16. The maximum absolute atomic E-state index is 12.5. The van der Waals surface area contributed by atoms with Gasteiger partial charge in [0.05, 0.1) is 24.8 Å². The first-order valence-corrected chi connectivity index (χ1v) is 11.5. The summed E-state index contributed by atoms with van der Waals surface area (Å²) in [6.07, 6.45) is 2.16. The van der Waals surface area contributed by atoms with Crippen LogP contribution in [0.25, 0.3) is 11.4 Å². The molecule has 32 heavy (non-hydrogen) atoms. The van der Waals surface area contributed by atoms with E-state index in [-0.39, 0.29) is 17.9 Å². The quantitative estimate of drug-likeness (QED) is 0.724. The molecule has 170 valence electrons. The number of esters is 1. The monoisotopic (exact) mass is 437 g/mol. The Balaban J connectivity index is 1.64. The van der Waals surface area contributed by atoms with Gasteiger partial charge in [-0.25, -0.2) is 14.8 Å². The summed E-state index contributed by atoms with van der Waals surface area (Å²) in [6, 6.07) is 9.92. The van der Waals surface area contributed by atoms with Crippen LogP contribution in [-0.2, 0) is 22.5 Å². The van der Waals surface area contributed by atoms with Gasteiger partial charge in [-0.1, -0.05) is 30.3 Å². The average Bonchev–Trinajstić information content (AvgIpc) is 2.84. The van der Waals surface area contributed by atoms with Crippen LogP contribution in [0.5, 0.6) is 0 Å². The smallest absolute Gasteiger partial charge is 0.317 e. The van der Waals surface area contributed by atoms with Crippen molar-refractivity contribution in [2.24, 2.45) is 5.92 Å². The van der Waals surface area contributed by atoms with E-state index in [2.05, 4.69) is 10.2 Å². The number of aromatic nitrogens is 2. The minimum absolute atomic E-state index is 0.0581.